The molecule has 3 aromatic heterocycles. The Morgan fingerprint density at radius 1 is 1.09 bits per heavy atom. The predicted molar refractivity (Wildman–Crippen MR) is 122 cm³/mol. The smallest absolute Gasteiger partial charge is 0.357 e. The topological polar surface area (TPSA) is 103 Å². The van der Waals surface area contributed by atoms with Crippen LogP contribution in [0, 0.1) is 0 Å². The molecule has 0 amide bonds. The second-order valence-corrected chi connectivity index (χ2v) is 7.82. The number of hydrogen-bond donors (Lipinski definition) is 1. The zero-order valence-corrected chi connectivity index (χ0v) is 18.2. The largest absolute Gasteiger partial charge is 0.489 e. The number of H-pyrrole nitrogens is 1. The van der Waals surface area contributed by atoms with Gasteiger partial charge in [0.25, 0.3) is 0 Å². The van der Waals surface area contributed by atoms with E-state index in [1.165, 1.54) is 24.9 Å². The van der Waals surface area contributed by atoms with Gasteiger partial charge in [-0.2, -0.15) is 5.10 Å². The maximum Gasteiger partial charge on any atom is 0.357 e. The normalized spacial score (nSPS) is 13.0. The van der Waals surface area contributed by atoms with E-state index in [2.05, 4.69) is 37.3 Å². The molecule has 8 nitrogen and oxygen atoms in total. The minimum Gasteiger partial charge on any atom is -0.489 e. The Hall–Kier alpha value is -4.07. The molecule has 0 atom stereocenters. The standard InChI is InChI=1S/C25H23N5O3/c1-2-32-25(31)24-22(23(29-30-24)21-11-12-26-15-28-21)18-6-8-19(9-7-18)33-14-16-3-10-20(27-13-16)17-4-5-17/h3,6-13,15,17H,2,4-5,14H2,1H3,(H,29,30). The summed E-state index contributed by atoms with van der Waals surface area (Å²) < 4.78 is 11.1. The van der Waals surface area contributed by atoms with Crippen molar-refractivity contribution >= 4 is 5.97 Å². The maximum absolute atomic E-state index is 12.5. The van der Waals surface area contributed by atoms with E-state index >= 15 is 0 Å². The van der Waals surface area contributed by atoms with E-state index in [9.17, 15) is 4.79 Å². The van der Waals surface area contributed by atoms with Gasteiger partial charge in [-0.1, -0.05) is 18.2 Å². The number of nitrogens with zero attached hydrogens (tertiary/aromatic N) is 4. The van der Waals surface area contributed by atoms with Crippen molar-refractivity contribution in [2.75, 3.05) is 6.61 Å². The molecule has 0 bridgehead atoms. The summed E-state index contributed by atoms with van der Waals surface area (Å²) in [6.07, 6.45) is 7.44. The van der Waals surface area contributed by atoms with Gasteiger partial charge >= 0.3 is 5.97 Å². The lowest BCUT2D eigenvalue weighted by Crippen LogP contribution is -2.06. The molecule has 1 saturated carbocycles. The van der Waals surface area contributed by atoms with Crippen LogP contribution in [-0.4, -0.2) is 37.7 Å². The summed E-state index contributed by atoms with van der Waals surface area (Å²) in [6.45, 7) is 2.47. The summed E-state index contributed by atoms with van der Waals surface area (Å²) in [6, 6.07) is 13.4. The summed E-state index contributed by atoms with van der Waals surface area (Å²) in [5, 5.41) is 7.14. The van der Waals surface area contributed by atoms with Gasteiger partial charge < -0.3 is 9.47 Å². The van der Waals surface area contributed by atoms with Gasteiger partial charge in [0.05, 0.1) is 12.3 Å². The van der Waals surface area contributed by atoms with Gasteiger partial charge in [0.2, 0.25) is 0 Å². The molecule has 1 aliphatic rings. The summed E-state index contributed by atoms with van der Waals surface area (Å²) >= 11 is 0. The summed E-state index contributed by atoms with van der Waals surface area (Å²) in [4.78, 5) is 25.3. The highest BCUT2D eigenvalue weighted by atomic mass is 16.5. The fraction of sp³-hybridized carbons (Fsp3) is 0.240. The van der Waals surface area contributed by atoms with Crippen molar-refractivity contribution in [1.29, 1.82) is 0 Å². The second-order valence-electron chi connectivity index (χ2n) is 7.82. The number of benzene rings is 1. The average molecular weight is 441 g/mol. The molecule has 4 aromatic rings. The summed E-state index contributed by atoms with van der Waals surface area (Å²) in [5.41, 5.74) is 5.04. The monoisotopic (exact) mass is 441 g/mol. The highest BCUT2D eigenvalue weighted by Crippen LogP contribution is 2.38. The molecule has 0 aliphatic heterocycles. The first-order chi connectivity index (χ1) is 16.2. The summed E-state index contributed by atoms with van der Waals surface area (Å²) in [7, 11) is 0. The highest BCUT2D eigenvalue weighted by molar-refractivity contribution is 5.99. The lowest BCUT2D eigenvalue weighted by atomic mass is 10.0. The van der Waals surface area contributed by atoms with Gasteiger partial charge in [-0.15, -0.1) is 0 Å². The first-order valence-corrected chi connectivity index (χ1v) is 10.9. The number of rotatable bonds is 8. The Labute approximate surface area is 191 Å². The van der Waals surface area contributed by atoms with Gasteiger partial charge in [-0.3, -0.25) is 10.1 Å². The maximum atomic E-state index is 12.5. The van der Waals surface area contributed by atoms with Crippen LogP contribution in [0.3, 0.4) is 0 Å². The van der Waals surface area contributed by atoms with E-state index in [4.69, 9.17) is 9.47 Å². The molecular weight excluding hydrogens is 418 g/mol. The minimum atomic E-state index is -0.470. The number of carbonyl (C=O) groups excluding carboxylic acids is 1. The molecule has 1 fully saturated rings. The van der Waals surface area contributed by atoms with Crippen LogP contribution in [0.4, 0.5) is 0 Å². The van der Waals surface area contributed by atoms with Gasteiger partial charge in [-0.25, -0.2) is 14.8 Å². The Bertz CT molecular complexity index is 1230. The zero-order valence-electron chi connectivity index (χ0n) is 18.2. The molecule has 8 heteroatoms. The number of aromatic nitrogens is 5. The number of nitrogens with one attached hydrogen (secondary N) is 1. The highest BCUT2D eigenvalue weighted by Gasteiger charge is 2.25. The number of carbonyl (C=O) groups is 1. The van der Waals surface area contributed by atoms with Gasteiger partial charge in [0, 0.05) is 35.1 Å². The Morgan fingerprint density at radius 2 is 1.94 bits per heavy atom. The number of ether oxygens (including phenoxy) is 2. The van der Waals surface area contributed by atoms with Crippen molar-refractivity contribution in [1.82, 2.24) is 25.1 Å². The second kappa shape index (κ2) is 9.20. The Kier molecular flexibility index (Phi) is 5.80. The van der Waals surface area contributed by atoms with E-state index in [0.29, 0.717) is 29.5 Å². The molecule has 0 spiro atoms. The molecule has 1 N–H and O–H groups in total. The number of pyridine rings is 1. The van der Waals surface area contributed by atoms with Crippen molar-refractivity contribution in [3.63, 3.8) is 0 Å². The summed E-state index contributed by atoms with van der Waals surface area (Å²) in [5.74, 6) is 0.889. The average Bonchev–Trinajstić information content (AvgIpc) is 3.62. The molecular formula is C25H23N5O3. The van der Waals surface area contributed by atoms with E-state index in [1.54, 1.807) is 19.2 Å². The van der Waals surface area contributed by atoms with Crippen LogP contribution in [0.25, 0.3) is 22.5 Å². The van der Waals surface area contributed by atoms with Crippen LogP contribution in [0.15, 0.2) is 61.2 Å². The SMILES string of the molecule is CCOC(=O)c1[nH]nc(-c2ccncn2)c1-c1ccc(OCc2ccc(C3CC3)nc2)cc1. The van der Waals surface area contributed by atoms with Crippen LogP contribution in [0.1, 0.15) is 47.4 Å². The van der Waals surface area contributed by atoms with Gasteiger partial charge in [-0.05, 0) is 49.6 Å². The third-order valence-corrected chi connectivity index (χ3v) is 5.46. The lowest BCUT2D eigenvalue weighted by Gasteiger charge is -2.09. The van der Waals surface area contributed by atoms with Gasteiger partial charge in [0.1, 0.15) is 24.4 Å². The Balaban J connectivity index is 1.37. The predicted octanol–water partition coefficient (Wildman–Crippen LogP) is 4.56. The number of hydrogen-bond acceptors (Lipinski definition) is 7. The van der Waals surface area contributed by atoms with Crippen molar-refractivity contribution in [2.45, 2.75) is 32.3 Å². The van der Waals surface area contributed by atoms with Crippen LogP contribution in [0.2, 0.25) is 0 Å². The van der Waals surface area contributed by atoms with E-state index < -0.39 is 5.97 Å². The molecule has 0 unspecified atom stereocenters. The fourth-order valence-corrected chi connectivity index (χ4v) is 3.62. The van der Waals surface area contributed by atoms with E-state index in [-0.39, 0.29) is 12.3 Å². The molecule has 0 radical (unpaired) electrons. The molecule has 33 heavy (non-hydrogen) atoms. The zero-order chi connectivity index (χ0) is 22.6. The molecule has 1 aliphatic carbocycles. The Morgan fingerprint density at radius 3 is 2.61 bits per heavy atom. The van der Waals surface area contributed by atoms with Crippen LogP contribution in [-0.2, 0) is 11.3 Å². The van der Waals surface area contributed by atoms with Crippen LogP contribution < -0.4 is 4.74 Å². The van der Waals surface area contributed by atoms with Crippen molar-refractivity contribution in [2.24, 2.45) is 0 Å². The third-order valence-electron chi connectivity index (χ3n) is 5.46. The lowest BCUT2D eigenvalue weighted by molar-refractivity contribution is 0.0520. The third kappa shape index (κ3) is 4.59. The molecule has 3 heterocycles. The van der Waals surface area contributed by atoms with Crippen molar-refractivity contribution in [3.8, 4) is 28.3 Å². The van der Waals surface area contributed by atoms with Crippen LogP contribution in [0.5, 0.6) is 5.75 Å². The first-order valence-electron chi connectivity index (χ1n) is 10.9. The van der Waals surface area contributed by atoms with Crippen LogP contribution >= 0.6 is 0 Å². The molecule has 0 saturated heterocycles. The van der Waals surface area contributed by atoms with E-state index in [0.717, 1.165) is 16.9 Å². The molecule has 5 rings (SSSR count). The number of esters is 1. The van der Waals surface area contributed by atoms with Crippen molar-refractivity contribution in [3.05, 3.63) is 78.1 Å². The molecule has 166 valence electrons. The molecule has 1 aromatic carbocycles. The quantitative estimate of drug-likeness (QED) is 0.400. The van der Waals surface area contributed by atoms with Gasteiger partial charge in [0.15, 0.2) is 5.69 Å². The minimum absolute atomic E-state index is 0.267. The fourth-order valence-electron chi connectivity index (χ4n) is 3.62. The van der Waals surface area contributed by atoms with Crippen molar-refractivity contribution < 1.29 is 14.3 Å². The first kappa shape index (κ1) is 20.8. The number of aromatic amines is 1. The van der Waals surface area contributed by atoms with E-state index in [1.807, 2.05) is 30.5 Å².